The highest BCUT2D eigenvalue weighted by molar-refractivity contribution is 7.89. The second-order valence-electron chi connectivity index (χ2n) is 5.03. The molecule has 1 heterocycles. The predicted molar refractivity (Wildman–Crippen MR) is 86.9 cm³/mol. The first-order valence-electron chi connectivity index (χ1n) is 7.09. The summed E-state index contributed by atoms with van der Waals surface area (Å²) in [4.78, 5) is 14.6. The normalized spacial score (nSPS) is 18.3. The van der Waals surface area contributed by atoms with Crippen molar-refractivity contribution in [2.24, 2.45) is 0 Å². The molecule has 23 heavy (non-hydrogen) atoms. The number of anilines is 1. The van der Waals surface area contributed by atoms with Crippen LogP contribution in [0, 0.1) is 11.8 Å². The number of amides is 1. The Morgan fingerprint density at radius 1 is 1.30 bits per heavy atom. The number of hydrogen-bond donors (Lipinski definition) is 2. The van der Waals surface area contributed by atoms with E-state index < -0.39 is 16.1 Å². The standard InChI is InChI=1S/C15H19N3O4S/c1-3-4-13-11-17(15(19)20)9-10-18(13)12-5-7-14(8-6-12)23(21,22)16-2/h5-8,13,16H,9-11H2,1-2H3,(H,19,20)/t13-/m0/s1. The fourth-order valence-corrected chi connectivity index (χ4v) is 3.22. The molecule has 2 N–H and O–H groups in total. The van der Waals surface area contributed by atoms with E-state index in [1.807, 2.05) is 4.90 Å². The second-order valence-corrected chi connectivity index (χ2v) is 6.92. The molecule has 124 valence electrons. The van der Waals surface area contributed by atoms with Crippen molar-refractivity contribution in [1.29, 1.82) is 0 Å². The Bertz CT molecular complexity index is 734. The van der Waals surface area contributed by atoms with Crippen LogP contribution in [0.3, 0.4) is 0 Å². The molecule has 1 atom stereocenters. The quantitative estimate of drug-likeness (QED) is 0.796. The average Bonchev–Trinajstić information content (AvgIpc) is 2.55. The topological polar surface area (TPSA) is 90.0 Å². The molecule has 1 aliphatic heterocycles. The number of piperazine rings is 1. The van der Waals surface area contributed by atoms with Gasteiger partial charge in [0.15, 0.2) is 0 Å². The molecule has 0 bridgehead atoms. The van der Waals surface area contributed by atoms with Crippen molar-refractivity contribution in [2.75, 3.05) is 31.6 Å². The van der Waals surface area contributed by atoms with Crippen LogP contribution in [-0.2, 0) is 10.0 Å². The SMILES string of the molecule is CC#C[C@H]1CN(C(=O)O)CCN1c1ccc(S(=O)(=O)NC)cc1. The van der Waals surface area contributed by atoms with E-state index in [0.29, 0.717) is 19.6 Å². The summed E-state index contributed by atoms with van der Waals surface area (Å²) in [7, 11) is -2.11. The molecular weight excluding hydrogens is 318 g/mol. The van der Waals surface area contributed by atoms with E-state index in [0.717, 1.165) is 5.69 Å². The third-order valence-corrected chi connectivity index (χ3v) is 5.14. The van der Waals surface area contributed by atoms with Crippen LogP contribution in [0.25, 0.3) is 0 Å². The summed E-state index contributed by atoms with van der Waals surface area (Å²) in [6, 6.07) is 6.23. The minimum absolute atomic E-state index is 0.186. The minimum Gasteiger partial charge on any atom is -0.465 e. The monoisotopic (exact) mass is 337 g/mol. The molecule has 1 aromatic carbocycles. The van der Waals surface area contributed by atoms with E-state index in [1.54, 1.807) is 19.1 Å². The van der Waals surface area contributed by atoms with Crippen molar-refractivity contribution < 1.29 is 18.3 Å². The zero-order chi connectivity index (χ0) is 17.0. The first-order chi connectivity index (χ1) is 10.9. The maximum Gasteiger partial charge on any atom is 0.407 e. The van der Waals surface area contributed by atoms with Crippen molar-refractivity contribution >= 4 is 21.8 Å². The number of carboxylic acid groups (broad SMARTS) is 1. The van der Waals surface area contributed by atoms with Crippen molar-refractivity contribution in [3.05, 3.63) is 24.3 Å². The Hall–Kier alpha value is -2.24. The second kappa shape index (κ2) is 6.89. The van der Waals surface area contributed by atoms with E-state index >= 15 is 0 Å². The number of rotatable bonds is 3. The fourth-order valence-electron chi connectivity index (χ4n) is 2.49. The largest absolute Gasteiger partial charge is 0.465 e. The van der Waals surface area contributed by atoms with Gasteiger partial charge in [-0.2, -0.15) is 0 Å². The van der Waals surface area contributed by atoms with Gasteiger partial charge in [0.05, 0.1) is 11.4 Å². The molecule has 7 nitrogen and oxygen atoms in total. The lowest BCUT2D eigenvalue weighted by molar-refractivity contribution is 0.138. The summed E-state index contributed by atoms with van der Waals surface area (Å²) < 4.78 is 25.8. The third kappa shape index (κ3) is 3.75. The zero-order valence-corrected chi connectivity index (χ0v) is 13.8. The van der Waals surface area contributed by atoms with E-state index in [2.05, 4.69) is 16.6 Å². The lowest BCUT2D eigenvalue weighted by atomic mass is 10.1. The van der Waals surface area contributed by atoms with Crippen LogP contribution in [-0.4, -0.2) is 57.2 Å². The lowest BCUT2D eigenvalue weighted by Crippen LogP contribution is -2.54. The van der Waals surface area contributed by atoms with Crippen LogP contribution in [0.1, 0.15) is 6.92 Å². The molecule has 1 saturated heterocycles. The van der Waals surface area contributed by atoms with E-state index in [9.17, 15) is 13.2 Å². The Morgan fingerprint density at radius 3 is 2.48 bits per heavy atom. The Kier molecular flexibility index (Phi) is 5.13. The number of benzene rings is 1. The molecule has 0 aliphatic carbocycles. The summed E-state index contributed by atoms with van der Waals surface area (Å²) in [5.41, 5.74) is 0.817. The highest BCUT2D eigenvalue weighted by Gasteiger charge is 2.28. The van der Waals surface area contributed by atoms with Crippen LogP contribution >= 0.6 is 0 Å². The third-order valence-electron chi connectivity index (χ3n) is 3.71. The number of sulfonamides is 1. The highest BCUT2D eigenvalue weighted by atomic mass is 32.2. The van der Waals surface area contributed by atoms with Crippen LogP contribution < -0.4 is 9.62 Å². The molecule has 0 spiro atoms. The van der Waals surface area contributed by atoms with Gasteiger partial charge in [0.1, 0.15) is 6.04 Å². The van der Waals surface area contributed by atoms with Crippen LogP contribution in [0.5, 0.6) is 0 Å². The zero-order valence-electron chi connectivity index (χ0n) is 13.0. The predicted octanol–water partition coefficient (Wildman–Crippen LogP) is 0.787. The molecule has 2 rings (SSSR count). The van der Waals surface area contributed by atoms with Gasteiger partial charge < -0.3 is 14.9 Å². The van der Waals surface area contributed by atoms with Crippen molar-refractivity contribution in [1.82, 2.24) is 9.62 Å². The van der Waals surface area contributed by atoms with Crippen LogP contribution in [0.15, 0.2) is 29.2 Å². The first-order valence-corrected chi connectivity index (χ1v) is 8.57. The van der Waals surface area contributed by atoms with Crippen LogP contribution in [0.2, 0.25) is 0 Å². The first kappa shape index (κ1) is 17.1. The Balaban J connectivity index is 2.25. The highest BCUT2D eigenvalue weighted by Crippen LogP contribution is 2.22. The van der Waals surface area contributed by atoms with E-state index in [-0.39, 0.29) is 10.9 Å². The molecule has 0 radical (unpaired) electrons. The molecule has 1 aliphatic rings. The van der Waals surface area contributed by atoms with Gasteiger partial charge in [-0.05, 0) is 38.2 Å². The fraction of sp³-hybridized carbons (Fsp3) is 0.400. The van der Waals surface area contributed by atoms with Gasteiger partial charge in [-0.25, -0.2) is 17.9 Å². The molecule has 1 fully saturated rings. The summed E-state index contributed by atoms with van der Waals surface area (Å²) >= 11 is 0. The van der Waals surface area contributed by atoms with E-state index in [4.69, 9.17) is 5.11 Å². The number of nitrogens with zero attached hydrogens (tertiary/aromatic N) is 2. The van der Waals surface area contributed by atoms with Crippen molar-refractivity contribution in [3.8, 4) is 11.8 Å². The molecule has 0 unspecified atom stereocenters. The Labute approximate surface area is 135 Å². The molecule has 1 aromatic rings. The van der Waals surface area contributed by atoms with E-state index in [1.165, 1.54) is 24.1 Å². The number of hydrogen-bond acceptors (Lipinski definition) is 4. The Morgan fingerprint density at radius 2 is 1.96 bits per heavy atom. The summed E-state index contributed by atoms with van der Waals surface area (Å²) in [5, 5.41) is 9.12. The maximum absolute atomic E-state index is 11.8. The van der Waals surface area contributed by atoms with Crippen molar-refractivity contribution in [2.45, 2.75) is 17.9 Å². The van der Waals surface area contributed by atoms with Gasteiger partial charge in [-0.15, -0.1) is 5.92 Å². The average molecular weight is 337 g/mol. The molecule has 0 saturated carbocycles. The van der Waals surface area contributed by atoms with Gasteiger partial charge in [-0.1, -0.05) is 5.92 Å². The number of nitrogens with one attached hydrogen (secondary N) is 1. The molecule has 0 aromatic heterocycles. The van der Waals surface area contributed by atoms with Crippen LogP contribution in [0.4, 0.5) is 10.5 Å². The molecule has 1 amide bonds. The summed E-state index contributed by atoms with van der Waals surface area (Å²) in [6.45, 7) is 2.89. The van der Waals surface area contributed by atoms with Crippen molar-refractivity contribution in [3.63, 3.8) is 0 Å². The van der Waals surface area contributed by atoms with Gasteiger partial charge in [0.2, 0.25) is 10.0 Å². The van der Waals surface area contributed by atoms with Gasteiger partial charge in [-0.3, -0.25) is 0 Å². The van der Waals surface area contributed by atoms with Gasteiger partial charge >= 0.3 is 6.09 Å². The molecular formula is C15H19N3O4S. The molecule has 8 heteroatoms. The van der Waals surface area contributed by atoms with Gasteiger partial charge in [0, 0.05) is 18.8 Å². The summed E-state index contributed by atoms with van der Waals surface area (Å²) in [5.74, 6) is 5.84. The smallest absolute Gasteiger partial charge is 0.407 e. The summed E-state index contributed by atoms with van der Waals surface area (Å²) in [6.07, 6.45) is -0.956. The minimum atomic E-state index is -3.47. The number of carbonyl (C=O) groups is 1. The van der Waals surface area contributed by atoms with Gasteiger partial charge in [0.25, 0.3) is 0 Å². The lowest BCUT2D eigenvalue weighted by Gasteiger charge is -2.39. The maximum atomic E-state index is 11.8.